The van der Waals surface area contributed by atoms with Crippen LogP contribution in [0.5, 0.6) is 0 Å². The summed E-state index contributed by atoms with van der Waals surface area (Å²) in [7, 11) is 0. The molecule has 1 aromatic rings. The highest BCUT2D eigenvalue weighted by Crippen LogP contribution is 2.43. The van der Waals surface area contributed by atoms with Crippen LogP contribution in [0.25, 0.3) is 0 Å². The maximum Gasteiger partial charge on any atom is -0.00443 e. The van der Waals surface area contributed by atoms with E-state index < -0.39 is 0 Å². The second kappa shape index (κ2) is 5.03. The highest BCUT2D eigenvalue weighted by Gasteiger charge is 2.33. The van der Waals surface area contributed by atoms with E-state index in [1.54, 1.807) is 0 Å². The Morgan fingerprint density at radius 1 is 1.12 bits per heavy atom. The van der Waals surface area contributed by atoms with Gasteiger partial charge in [0.15, 0.2) is 0 Å². The molecule has 1 aliphatic carbocycles. The fourth-order valence-electron chi connectivity index (χ4n) is 3.40. The highest BCUT2D eigenvalue weighted by molar-refractivity contribution is 5.36. The first-order chi connectivity index (χ1) is 7.78. The summed E-state index contributed by atoms with van der Waals surface area (Å²) in [5.41, 5.74) is 3.22. The third kappa shape index (κ3) is 2.16. The van der Waals surface area contributed by atoms with E-state index in [-0.39, 0.29) is 0 Å². The fourth-order valence-corrected chi connectivity index (χ4v) is 3.40. The summed E-state index contributed by atoms with van der Waals surface area (Å²) < 4.78 is 0. The molecule has 87 valence electrons. The predicted molar refractivity (Wildman–Crippen MR) is 70.6 cm³/mol. The normalized spacial score (nSPS) is 19.6. The molecule has 0 aliphatic heterocycles. The van der Waals surface area contributed by atoms with Crippen molar-refractivity contribution >= 4 is 0 Å². The van der Waals surface area contributed by atoms with Crippen LogP contribution in [0.2, 0.25) is 0 Å². The molecule has 0 bridgehead atoms. The molecule has 0 heteroatoms. The zero-order valence-corrected chi connectivity index (χ0v) is 10.5. The summed E-state index contributed by atoms with van der Waals surface area (Å²) in [6.45, 7) is 6.53. The van der Waals surface area contributed by atoms with Gasteiger partial charge in [-0.1, -0.05) is 56.9 Å². The van der Waals surface area contributed by atoms with Gasteiger partial charge in [0.1, 0.15) is 0 Å². The van der Waals surface area contributed by atoms with Gasteiger partial charge in [-0.15, -0.1) is 0 Å². The molecule has 1 aromatic carbocycles. The summed E-state index contributed by atoms with van der Waals surface area (Å²) in [5.74, 6) is 0. The molecule has 2 rings (SSSR count). The number of hydrogen-bond acceptors (Lipinski definition) is 0. The maximum absolute atomic E-state index is 4.22. The quantitative estimate of drug-likeness (QED) is 0.674. The highest BCUT2D eigenvalue weighted by atomic mass is 14.4. The van der Waals surface area contributed by atoms with Gasteiger partial charge < -0.3 is 0 Å². The SMILES string of the molecule is [CH2]c1ccccc1C1(CCC)CCCCC1. The maximum atomic E-state index is 4.22. The van der Waals surface area contributed by atoms with Crippen molar-refractivity contribution < 1.29 is 0 Å². The van der Waals surface area contributed by atoms with Crippen molar-refractivity contribution in [3.63, 3.8) is 0 Å². The van der Waals surface area contributed by atoms with Crippen molar-refractivity contribution in [2.75, 3.05) is 0 Å². The lowest BCUT2D eigenvalue weighted by Gasteiger charge is -2.39. The number of benzene rings is 1. The van der Waals surface area contributed by atoms with Crippen LogP contribution in [0, 0.1) is 6.92 Å². The van der Waals surface area contributed by atoms with Gasteiger partial charge >= 0.3 is 0 Å². The first-order valence-corrected chi connectivity index (χ1v) is 6.70. The minimum absolute atomic E-state index is 0.450. The Morgan fingerprint density at radius 2 is 1.81 bits per heavy atom. The molecule has 0 nitrogen and oxygen atoms in total. The average Bonchev–Trinajstić information content (AvgIpc) is 2.31. The molecule has 0 amide bonds. The van der Waals surface area contributed by atoms with E-state index in [1.807, 2.05) is 0 Å². The summed E-state index contributed by atoms with van der Waals surface area (Å²) >= 11 is 0. The van der Waals surface area contributed by atoms with Crippen LogP contribution < -0.4 is 0 Å². The van der Waals surface area contributed by atoms with Gasteiger partial charge in [0.2, 0.25) is 0 Å². The summed E-state index contributed by atoms with van der Waals surface area (Å²) in [4.78, 5) is 0. The van der Waals surface area contributed by atoms with Crippen LogP contribution in [-0.2, 0) is 5.41 Å². The Hall–Kier alpha value is -0.780. The van der Waals surface area contributed by atoms with Crippen molar-refractivity contribution in [1.29, 1.82) is 0 Å². The van der Waals surface area contributed by atoms with Crippen LogP contribution in [0.4, 0.5) is 0 Å². The monoisotopic (exact) mass is 215 g/mol. The molecule has 0 saturated heterocycles. The van der Waals surface area contributed by atoms with Gasteiger partial charge in [-0.2, -0.15) is 0 Å². The Balaban J connectivity index is 2.34. The molecule has 0 N–H and O–H groups in total. The van der Waals surface area contributed by atoms with Crippen molar-refractivity contribution in [1.82, 2.24) is 0 Å². The first kappa shape index (κ1) is 11.7. The predicted octanol–water partition coefficient (Wildman–Crippen LogP) is 4.87. The third-order valence-corrected chi connectivity index (χ3v) is 4.13. The molecular formula is C16H23. The molecular weight excluding hydrogens is 192 g/mol. The summed E-state index contributed by atoms with van der Waals surface area (Å²) in [5, 5.41) is 0. The van der Waals surface area contributed by atoms with Crippen LogP contribution in [-0.4, -0.2) is 0 Å². The Morgan fingerprint density at radius 3 is 2.44 bits per heavy atom. The average molecular weight is 215 g/mol. The van der Waals surface area contributed by atoms with E-state index >= 15 is 0 Å². The lowest BCUT2D eigenvalue weighted by molar-refractivity contribution is 0.271. The fraction of sp³-hybridized carbons (Fsp3) is 0.562. The molecule has 0 spiro atoms. The van der Waals surface area contributed by atoms with Crippen molar-refractivity contribution in [2.24, 2.45) is 0 Å². The Labute approximate surface area is 100 Å². The van der Waals surface area contributed by atoms with E-state index in [0.717, 1.165) is 0 Å². The van der Waals surface area contributed by atoms with E-state index in [4.69, 9.17) is 0 Å². The summed E-state index contributed by atoms with van der Waals surface area (Å²) in [6, 6.07) is 8.76. The van der Waals surface area contributed by atoms with Gasteiger partial charge in [0.05, 0.1) is 0 Å². The molecule has 0 unspecified atom stereocenters. The van der Waals surface area contributed by atoms with Gasteiger partial charge in [-0.25, -0.2) is 0 Å². The van der Waals surface area contributed by atoms with Crippen LogP contribution in [0.1, 0.15) is 63.0 Å². The molecule has 1 aliphatic rings. The van der Waals surface area contributed by atoms with Crippen LogP contribution >= 0.6 is 0 Å². The third-order valence-electron chi connectivity index (χ3n) is 4.13. The first-order valence-electron chi connectivity index (χ1n) is 6.70. The lowest BCUT2D eigenvalue weighted by atomic mass is 9.66. The van der Waals surface area contributed by atoms with Crippen LogP contribution in [0.3, 0.4) is 0 Å². The smallest absolute Gasteiger partial charge is 0.00443 e. The molecule has 0 atom stereocenters. The minimum Gasteiger partial charge on any atom is -0.0654 e. The lowest BCUT2D eigenvalue weighted by Crippen LogP contribution is -2.29. The molecule has 0 aromatic heterocycles. The molecule has 1 fully saturated rings. The molecule has 0 heterocycles. The molecule has 1 radical (unpaired) electrons. The van der Waals surface area contributed by atoms with E-state index in [9.17, 15) is 0 Å². The summed E-state index contributed by atoms with van der Waals surface area (Å²) in [6.07, 6.45) is 9.57. The minimum atomic E-state index is 0.450. The standard InChI is InChI=1S/C16H23/c1-3-11-16(12-7-4-8-13-16)15-10-6-5-9-14(15)2/h5-6,9-10H,2-4,7-8,11-13H2,1H3. The molecule has 1 saturated carbocycles. The zero-order chi connectivity index (χ0) is 11.4. The van der Waals surface area contributed by atoms with E-state index in [2.05, 4.69) is 38.1 Å². The Kier molecular flexibility index (Phi) is 3.68. The Bertz CT molecular complexity index is 326. The zero-order valence-electron chi connectivity index (χ0n) is 10.5. The number of hydrogen-bond donors (Lipinski definition) is 0. The largest absolute Gasteiger partial charge is 0.0654 e. The van der Waals surface area contributed by atoms with Gasteiger partial charge in [-0.3, -0.25) is 0 Å². The molecule has 16 heavy (non-hydrogen) atoms. The van der Waals surface area contributed by atoms with Gasteiger partial charge in [-0.05, 0) is 42.7 Å². The number of rotatable bonds is 3. The van der Waals surface area contributed by atoms with Gasteiger partial charge in [0.25, 0.3) is 0 Å². The van der Waals surface area contributed by atoms with Crippen molar-refractivity contribution in [3.05, 3.63) is 42.3 Å². The topological polar surface area (TPSA) is 0 Å². The van der Waals surface area contributed by atoms with Gasteiger partial charge in [0, 0.05) is 0 Å². The van der Waals surface area contributed by atoms with Crippen LogP contribution in [0.15, 0.2) is 24.3 Å². The van der Waals surface area contributed by atoms with E-state index in [0.29, 0.717) is 5.41 Å². The second-order valence-corrected chi connectivity index (χ2v) is 5.25. The van der Waals surface area contributed by atoms with Crippen molar-refractivity contribution in [2.45, 2.75) is 57.3 Å². The van der Waals surface area contributed by atoms with E-state index in [1.165, 1.54) is 56.1 Å². The van der Waals surface area contributed by atoms with Crippen molar-refractivity contribution in [3.8, 4) is 0 Å². The second-order valence-electron chi connectivity index (χ2n) is 5.25.